The number of aliphatic hydroxyl groups excluding tert-OH is 1. The van der Waals surface area contributed by atoms with E-state index >= 15 is 0 Å². The Kier molecular flexibility index (Phi) is 6.90. The van der Waals surface area contributed by atoms with Crippen molar-refractivity contribution in [2.24, 2.45) is 0 Å². The number of benzene rings is 2. The average Bonchev–Trinajstić information content (AvgIpc) is 2.73. The maximum absolute atomic E-state index is 12.8. The van der Waals surface area contributed by atoms with Gasteiger partial charge in [-0.15, -0.1) is 0 Å². The molecule has 1 aliphatic rings. The first-order valence-electron chi connectivity index (χ1n) is 9.22. The monoisotopic (exact) mass is 406 g/mol. The topological polar surface area (TPSA) is 79.3 Å². The summed E-state index contributed by atoms with van der Waals surface area (Å²) >= 11 is 0. The number of ether oxygens (including phenoxy) is 2. The molecule has 0 aromatic heterocycles. The zero-order valence-electron chi connectivity index (χ0n) is 16.0. The van der Waals surface area contributed by atoms with Crippen molar-refractivity contribution in [3.8, 4) is 11.5 Å². The summed E-state index contributed by atoms with van der Waals surface area (Å²) in [6.45, 7) is 3.21. The molecular weight excluding hydrogens is 380 g/mol. The Morgan fingerprint density at radius 2 is 1.71 bits per heavy atom. The number of hydrogen-bond donors (Lipinski definition) is 1. The Bertz CT molecular complexity index is 862. The molecule has 0 bridgehead atoms. The number of hydrogen-bond acceptors (Lipinski definition) is 6. The third-order valence-corrected chi connectivity index (χ3v) is 6.61. The summed E-state index contributed by atoms with van der Waals surface area (Å²) in [6.07, 6.45) is 0. The smallest absolute Gasteiger partial charge is 0.243 e. The van der Waals surface area contributed by atoms with Gasteiger partial charge in [-0.05, 0) is 42.0 Å². The highest BCUT2D eigenvalue weighted by Crippen LogP contribution is 2.21. The van der Waals surface area contributed by atoms with Gasteiger partial charge >= 0.3 is 0 Å². The van der Waals surface area contributed by atoms with Crippen LogP contribution in [0.25, 0.3) is 0 Å². The van der Waals surface area contributed by atoms with Crippen LogP contribution in [0.1, 0.15) is 5.56 Å². The predicted octanol–water partition coefficient (Wildman–Crippen LogP) is 1.57. The van der Waals surface area contributed by atoms with Crippen LogP contribution in [0.5, 0.6) is 11.5 Å². The quantitative estimate of drug-likeness (QED) is 0.717. The lowest BCUT2D eigenvalue weighted by molar-refractivity contribution is 0.181. The largest absolute Gasteiger partial charge is 0.497 e. The Balaban J connectivity index is 1.58. The van der Waals surface area contributed by atoms with E-state index in [1.165, 1.54) is 4.31 Å². The molecule has 28 heavy (non-hydrogen) atoms. The molecule has 1 N–H and O–H groups in total. The predicted molar refractivity (Wildman–Crippen MR) is 106 cm³/mol. The molecule has 0 saturated carbocycles. The summed E-state index contributed by atoms with van der Waals surface area (Å²) < 4.78 is 37.7. The van der Waals surface area contributed by atoms with E-state index in [-0.39, 0.29) is 18.1 Å². The number of piperazine rings is 1. The zero-order valence-corrected chi connectivity index (χ0v) is 16.8. The van der Waals surface area contributed by atoms with Crippen molar-refractivity contribution < 1.29 is 23.0 Å². The summed E-state index contributed by atoms with van der Waals surface area (Å²) in [5, 5.41) is 8.86. The Morgan fingerprint density at radius 1 is 1.00 bits per heavy atom. The van der Waals surface area contributed by atoms with E-state index in [1.54, 1.807) is 31.4 Å². The second kappa shape index (κ2) is 9.38. The van der Waals surface area contributed by atoms with Crippen molar-refractivity contribution in [1.29, 1.82) is 0 Å². The van der Waals surface area contributed by atoms with Crippen LogP contribution >= 0.6 is 0 Å². The van der Waals surface area contributed by atoms with Crippen molar-refractivity contribution in [2.45, 2.75) is 11.4 Å². The first-order chi connectivity index (χ1) is 13.5. The van der Waals surface area contributed by atoms with Crippen molar-refractivity contribution in [3.63, 3.8) is 0 Å². The first kappa shape index (κ1) is 20.6. The number of nitrogens with zero attached hydrogens (tertiary/aromatic N) is 2. The lowest BCUT2D eigenvalue weighted by Gasteiger charge is -2.34. The fourth-order valence-corrected chi connectivity index (χ4v) is 4.60. The van der Waals surface area contributed by atoms with E-state index < -0.39 is 10.0 Å². The fraction of sp³-hybridized carbons (Fsp3) is 0.400. The van der Waals surface area contributed by atoms with Gasteiger partial charge in [0.15, 0.2) is 0 Å². The van der Waals surface area contributed by atoms with Gasteiger partial charge in [-0.3, -0.25) is 4.90 Å². The maximum Gasteiger partial charge on any atom is 0.243 e. The third kappa shape index (κ3) is 5.02. The van der Waals surface area contributed by atoms with Gasteiger partial charge in [-0.25, -0.2) is 8.42 Å². The van der Waals surface area contributed by atoms with Gasteiger partial charge in [0.1, 0.15) is 18.1 Å². The molecule has 0 unspecified atom stereocenters. The van der Waals surface area contributed by atoms with Gasteiger partial charge in [0.25, 0.3) is 0 Å². The number of methoxy groups -OCH3 is 1. The molecular formula is C20H26N2O5S. The van der Waals surface area contributed by atoms with Crippen LogP contribution in [0.2, 0.25) is 0 Å². The van der Waals surface area contributed by atoms with Crippen LogP contribution in [0.4, 0.5) is 0 Å². The lowest BCUT2D eigenvalue weighted by Crippen LogP contribution is -2.48. The highest BCUT2D eigenvalue weighted by atomic mass is 32.2. The number of sulfonamides is 1. The standard InChI is InChI=1S/C20H26N2O5S/c1-26-18-5-7-20(8-6-18)28(24,25)22-11-9-21(10-12-22)16-17-3-2-4-19(15-17)27-14-13-23/h2-8,15,23H,9-14,16H2,1H3. The van der Waals surface area contributed by atoms with Crippen LogP contribution < -0.4 is 9.47 Å². The zero-order chi connectivity index (χ0) is 20.0. The molecule has 1 heterocycles. The number of aliphatic hydroxyl groups is 1. The molecule has 1 fully saturated rings. The van der Waals surface area contributed by atoms with E-state index in [2.05, 4.69) is 4.90 Å². The third-order valence-electron chi connectivity index (χ3n) is 4.69. The van der Waals surface area contributed by atoms with E-state index in [1.807, 2.05) is 24.3 Å². The maximum atomic E-state index is 12.8. The van der Waals surface area contributed by atoms with Crippen molar-refractivity contribution >= 4 is 10.0 Å². The molecule has 0 amide bonds. The average molecular weight is 407 g/mol. The fourth-order valence-electron chi connectivity index (χ4n) is 3.18. The number of rotatable bonds is 8. The second-order valence-corrected chi connectivity index (χ2v) is 8.51. The van der Waals surface area contributed by atoms with Gasteiger partial charge in [0.05, 0.1) is 18.6 Å². The van der Waals surface area contributed by atoms with Crippen LogP contribution in [-0.4, -0.2) is 69.2 Å². The first-order valence-corrected chi connectivity index (χ1v) is 10.7. The van der Waals surface area contributed by atoms with E-state index in [0.717, 1.165) is 17.9 Å². The van der Waals surface area contributed by atoms with Crippen LogP contribution in [-0.2, 0) is 16.6 Å². The minimum atomic E-state index is -3.49. The van der Waals surface area contributed by atoms with Crippen LogP contribution in [0.3, 0.4) is 0 Å². The van der Waals surface area contributed by atoms with Crippen LogP contribution in [0, 0.1) is 0 Å². The van der Waals surface area contributed by atoms with Crippen LogP contribution in [0.15, 0.2) is 53.4 Å². The Morgan fingerprint density at radius 3 is 2.36 bits per heavy atom. The summed E-state index contributed by atoms with van der Waals surface area (Å²) in [4.78, 5) is 2.51. The summed E-state index contributed by atoms with van der Waals surface area (Å²) in [6, 6.07) is 14.2. The Hall–Kier alpha value is -2.13. The molecule has 0 aliphatic carbocycles. The van der Waals surface area contributed by atoms with E-state index in [9.17, 15) is 8.42 Å². The lowest BCUT2D eigenvalue weighted by atomic mass is 10.2. The van der Waals surface area contributed by atoms with E-state index in [0.29, 0.717) is 31.9 Å². The minimum absolute atomic E-state index is 0.0190. The highest BCUT2D eigenvalue weighted by molar-refractivity contribution is 7.89. The molecule has 0 spiro atoms. The Labute approximate surface area is 166 Å². The van der Waals surface area contributed by atoms with Gasteiger partial charge in [0.2, 0.25) is 10.0 Å². The molecule has 0 radical (unpaired) electrons. The molecule has 3 rings (SSSR count). The normalized spacial score (nSPS) is 16.1. The molecule has 152 valence electrons. The molecule has 0 atom stereocenters. The molecule has 2 aromatic rings. The van der Waals surface area contributed by atoms with Crippen molar-refractivity contribution in [2.75, 3.05) is 46.5 Å². The van der Waals surface area contributed by atoms with Gasteiger partial charge < -0.3 is 14.6 Å². The van der Waals surface area contributed by atoms with Crippen molar-refractivity contribution in [1.82, 2.24) is 9.21 Å². The molecule has 8 heteroatoms. The van der Waals surface area contributed by atoms with Crippen molar-refractivity contribution in [3.05, 3.63) is 54.1 Å². The van der Waals surface area contributed by atoms with Gasteiger partial charge in [-0.2, -0.15) is 4.31 Å². The highest BCUT2D eigenvalue weighted by Gasteiger charge is 2.28. The molecule has 1 saturated heterocycles. The minimum Gasteiger partial charge on any atom is -0.497 e. The molecule has 2 aromatic carbocycles. The SMILES string of the molecule is COc1ccc(S(=O)(=O)N2CCN(Cc3cccc(OCCO)c3)CC2)cc1. The molecule has 1 aliphatic heterocycles. The molecule has 7 nitrogen and oxygen atoms in total. The summed E-state index contributed by atoms with van der Waals surface area (Å²) in [7, 11) is -1.94. The van der Waals surface area contributed by atoms with Gasteiger partial charge in [-0.1, -0.05) is 12.1 Å². The second-order valence-electron chi connectivity index (χ2n) is 6.58. The summed E-state index contributed by atoms with van der Waals surface area (Å²) in [5.74, 6) is 1.36. The van der Waals surface area contributed by atoms with E-state index in [4.69, 9.17) is 14.6 Å². The summed E-state index contributed by atoms with van der Waals surface area (Å²) in [5.41, 5.74) is 1.10. The van der Waals surface area contributed by atoms with Gasteiger partial charge in [0, 0.05) is 32.7 Å².